The van der Waals surface area contributed by atoms with Crippen LogP contribution in [0.3, 0.4) is 0 Å². The molecule has 1 aliphatic heterocycles. The van der Waals surface area contributed by atoms with Crippen molar-refractivity contribution >= 4 is 19.7 Å². The van der Waals surface area contributed by atoms with Crippen molar-refractivity contribution in [1.29, 1.82) is 0 Å². The molecule has 4 nitrogen and oxygen atoms in total. The Morgan fingerprint density at radius 1 is 1.42 bits per heavy atom. The second-order valence-corrected chi connectivity index (χ2v) is 5.63. The number of hydrogen-bond acceptors (Lipinski definition) is 4. The maximum Gasteiger partial charge on any atom is 0.235 e. The van der Waals surface area contributed by atoms with E-state index in [1.807, 2.05) is 6.92 Å². The fourth-order valence-corrected chi connectivity index (χ4v) is 2.02. The highest BCUT2D eigenvalue weighted by atomic mass is 35.7. The summed E-state index contributed by atoms with van der Waals surface area (Å²) in [7, 11) is 1.57. The second-order valence-electron chi connectivity index (χ2n) is 2.80. The Hall–Kier alpha value is 0.160. The Balaban J connectivity index is 2.36. The van der Waals surface area contributed by atoms with Gasteiger partial charge in [-0.2, -0.15) is 0 Å². The first kappa shape index (κ1) is 10.2. The Kier molecular flexibility index (Phi) is 3.34. The van der Waals surface area contributed by atoms with Crippen LogP contribution in [-0.4, -0.2) is 39.6 Å². The normalized spacial score (nSPS) is 31.8. The Morgan fingerprint density at radius 3 is 2.50 bits per heavy atom. The van der Waals surface area contributed by atoms with E-state index in [1.54, 1.807) is 0 Å². The van der Waals surface area contributed by atoms with Crippen LogP contribution in [0.1, 0.15) is 6.92 Å². The van der Waals surface area contributed by atoms with Gasteiger partial charge in [0.25, 0.3) is 0 Å². The first-order valence-corrected chi connectivity index (χ1v) is 6.11. The van der Waals surface area contributed by atoms with E-state index in [2.05, 4.69) is 0 Å². The number of hydrogen-bond donors (Lipinski definition) is 0. The lowest BCUT2D eigenvalue weighted by Gasteiger charge is -2.26. The van der Waals surface area contributed by atoms with Gasteiger partial charge in [0.1, 0.15) is 0 Å². The van der Waals surface area contributed by atoms with Gasteiger partial charge in [0, 0.05) is 10.7 Å². The molecule has 1 heterocycles. The molecule has 72 valence electrons. The lowest BCUT2D eigenvalue weighted by atomic mass is 10.3. The molecular weight excluding hydrogens is 204 g/mol. The summed E-state index contributed by atoms with van der Waals surface area (Å²) in [5.41, 5.74) is 0. The zero-order chi connectivity index (χ0) is 9.19. The average molecular weight is 215 g/mol. The topological polar surface area (TPSA) is 52.6 Å². The molecule has 1 rings (SSSR count). The third-order valence-corrected chi connectivity index (χ3v) is 2.67. The summed E-state index contributed by atoms with van der Waals surface area (Å²) in [5, 5.41) is 0. The molecule has 0 amide bonds. The monoisotopic (exact) mass is 214 g/mol. The summed E-state index contributed by atoms with van der Waals surface area (Å²) < 4.78 is 31.6. The van der Waals surface area contributed by atoms with Crippen molar-refractivity contribution in [1.82, 2.24) is 0 Å². The lowest BCUT2D eigenvalue weighted by molar-refractivity contribution is -0.117. The molecule has 6 heteroatoms. The standard InChI is InChI=1S/C6H11ClO4S/c1-5-2-11-6(3-10-5)4-12(7,8)9/h5-6H,2-4H2,1H3/t5-,6-/m1/s1. The van der Waals surface area contributed by atoms with Gasteiger partial charge in [-0.1, -0.05) is 0 Å². The summed E-state index contributed by atoms with van der Waals surface area (Å²) in [6.07, 6.45) is -0.372. The minimum absolute atomic E-state index is 0.0410. The summed E-state index contributed by atoms with van der Waals surface area (Å²) in [4.78, 5) is 0. The highest BCUT2D eigenvalue weighted by molar-refractivity contribution is 8.13. The molecule has 0 N–H and O–H groups in total. The van der Waals surface area contributed by atoms with Crippen molar-refractivity contribution in [3.05, 3.63) is 0 Å². The van der Waals surface area contributed by atoms with Gasteiger partial charge in [-0.05, 0) is 6.92 Å². The minimum Gasteiger partial charge on any atom is -0.373 e. The zero-order valence-electron chi connectivity index (χ0n) is 6.70. The number of ether oxygens (including phenoxy) is 2. The van der Waals surface area contributed by atoms with E-state index in [-0.39, 0.29) is 11.9 Å². The summed E-state index contributed by atoms with van der Waals surface area (Å²) in [5.74, 6) is -0.179. The maximum absolute atomic E-state index is 10.6. The van der Waals surface area contributed by atoms with Crippen molar-refractivity contribution in [2.45, 2.75) is 19.1 Å². The summed E-state index contributed by atoms with van der Waals surface area (Å²) >= 11 is 0. The van der Waals surface area contributed by atoms with Crippen LogP contribution in [0.25, 0.3) is 0 Å². The van der Waals surface area contributed by atoms with E-state index in [0.29, 0.717) is 13.2 Å². The summed E-state index contributed by atoms with van der Waals surface area (Å²) in [6, 6.07) is 0. The molecule has 0 bridgehead atoms. The fourth-order valence-electron chi connectivity index (χ4n) is 0.958. The van der Waals surface area contributed by atoms with Crippen LogP contribution in [0.2, 0.25) is 0 Å². The molecule has 0 saturated carbocycles. The van der Waals surface area contributed by atoms with Crippen molar-refractivity contribution in [3.8, 4) is 0 Å². The van der Waals surface area contributed by atoms with Crippen molar-refractivity contribution in [2.75, 3.05) is 19.0 Å². The van der Waals surface area contributed by atoms with Crippen LogP contribution in [0, 0.1) is 0 Å². The van der Waals surface area contributed by atoms with E-state index in [4.69, 9.17) is 20.2 Å². The van der Waals surface area contributed by atoms with Crippen LogP contribution < -0.4 is 0 Å². The van der Waals surface area contributed by atoms with Gasteiger partial charge in [-0.3, -0.25) is 0 Å². The summed E-state index contributed by atoms with van der Waals surface area (Å²) in [6.45, 7) is 2.59. The van der Waals surface area contributed by atoms with E-state index < -0.39 is 15.2 Å². The molecule has 12 heavy (non-hydrogen) atoms. The van der Waals surface area contributed by atoms with E-state index >= 15 is 0 Å². The first-order chi connectivity index (χ1) is 5.47. The third kappa shape index (κ3) is 3.71. The van der Waals surface area contributed by atoms with Gasteiger partial charge < -0.3 is 9.47 Å². The quantitative estimate of drug-likeness (QED) is 0.623. The molecule has 0 unspecified atom stereocenters. The molecule has 2 atom stereocenters. The average Bonchev–Trinajstić information content (AvgIpc) is 1.91. The van der Waals surface area contributed by atoms with E-state index in [9.17, 15) is 8.42 Å². The van der Waals surface area contributed by atoms with Gasteiger partial charge >= 0.3 is 0 Å². The number of rotatable bonds is 2. The van der Waals surface area contributed by atoms with Gasteiger partial charge in [-0.15, -0.1) is 0 Å². The molecule has 0 aromatic heterocycles. The van der Waals surface area contributed by atoms with Gasteiger partial charge in [0.05, 0.1) is 31.2 Å². The van der Waals surface area contributed by atoms with E-state index in [0.717, 1.165) is 0 Å². The largest absolute Gasteiger partial charge is 0.373 e. The number of halogens is 1. The van der Waals surface area contributed by atoms with Crippen LogP contribution in [0.5, 0.6) is 0 Å². The molecule has 1 aliphatic rings. The minimum atomic E-state index is -3.47. The molecule has 0 radical (unpaired) electrons. The van der Waals surface area contributed by atoms with Crippen molar-refractivity contribution in [3.63, 3.8) is 0 Å². The Bertz CT molecular complexity index is 230. The van der Waals surface area contributed by atoms with Crippen molar-refractivity contribution < 1.29 is 17.9 Å². The van der Waals surface area contributed by atoms with Gasteiger partial charge in [0.2, 0.25) is 9.05 Å². The van der Waals surface area contributed by atoms with Crippen LogP contribution >= 0.6 is 10.7 Å². The van der Waals surface area contributed by atoms with Crippen LogP contribution in [0.15, 0.2) is 0 Å². The molecule has 0 aromatic rings. The molecule has 1 fully saturated rings. The smallest absolute Gasteiger partial charge is 0.235 e. The Morgan fingerprint density at radius 2 is 2.08 bits per heavy atom. The van der Waals surface area contributed by atoms with Crippen LogP contribution in [-0.2, 0) is 18.5 Å². The predicted molar refractivity (Wildman–Crippen MR) is 44.8 cm³/mol. The highest BCUT2D eigenvalue weighted by Gasteiger charge is 2.23. The van der Waals surface area contributed by atoms with E-state index in [1.165, 1.54) is 0 Å². The molecular formula is C6H11ClO4S. The SMILES string of the molecule is C[C@@H]1CO[C@@H](CS(=O)(=O)Cl)CO1. The Labute approximate surface area is 76.2 Å². The van der Waals surface area contributed by atoms with Gasteiger partial charge in [0.15, 0.2) is 0 Å². The predicted octanol–water partition coefficient (Wildman–Crippen LogP) is 0.359. The maximum atomic E-state index is 10.6. The fraction of sp³-hybridized carbons (Fsp3) is 1.00. The van der Waals surface area contributed by atoms with Crippen molar-refractivity contribution in [2.24, 2.45) is 0 Å². The third-order valence-electron chi connectivity index (χ3n) is 1.52. The second kappa shape index (κ2) is 3.91. The van der Waals surface area contributed by atoms with Crippen LogP contribution in [0.4, 0.5) is 0 Å². The first-order valence-electron chi connectivity index (χ1n) is 3.63. The lowest BCUT2D eigenvalue weighted by Crippen LogP contribution is -2.37. The van der Waals surface area contributed by atoms with Gasteiger partial charge in [-0.25, -0.2) is 8.42 Å². The molecule has 0 spiro atoms. The molecule has 1 saturated heterocycles. The zero-order valence-corrected chi connectivity index (χ0v) is 8.27. The molecule has 0 aliphatic carbocycles. The highest BCUT2D eigenvalue weighted by Crippen LogP contribution is 2.10. The molecule has 0 aromatic carbocycles.